The number of aromatic nitrogens is 4. The van der Waals surface area contributed by atoms with E-state index in [1.54, 1.807) is 0 Å². The van der Waals surface area contributed by atoms with Crippen LogP contribution < -0.4 is 10.2 Å². The molecular weight excluding hydrogens is 492 g/mol. The van der Waals surface area contributed by atoms with E-state index in [0.29, 0.717) is 0 Å². The number of hydrogen-bond acceptors (Lipinski definition) is 4. The van der Waals surface area contributed by atoms with Gasteiger partial charge < -0.3 is 15.2 Å². The van der Waals surface area contributed by atoms with Crippen LogP contribution in [0.3, 0.4) is 0 Å². The van der Waals surface area contributed by atoms with E-state index in [2.05, 4.69) is 105 Å². The number of H-pyrrole nitrogens is 2. The monoisotopic (exact) mass is 524 g/mol. The summed E-state index contributed by atoms with van der Waals surface area (Å²) in [4.78, 5) is 10.7. The summed E-state index contributed by atoms with van der Waals surface area (Å²) in [6.45, 7) is 6.46. The molecule has 1 fully saturated rings. The fraction of sp³-hybridized carbons (Fsp3) is 0.176. The summed E-state index contributed by atoms with van der Waals surface area (Å²) in [5.41, 5.74) is 10.6. The SMILES string of the molecule is C=C(Cc1ccccc1)Nc1cncc(-c2ccc3[nH]nc(-c4cc5c(N6CCCCC6)cccc5[nH]4)c3c2)c1. The number of rotatable bonds is 7. The number of fused-ring (bicyclic) bond motifs is 2. The second-order valence-electron chi connectivity index (χ2n) is 10.7. The Balaban J connectivity index is 1.19. The first kappa shape index (κ1) is 24.2. The highest BCUT2D eigenvalue weighted by Gasteiger charge is 2.17. The number of pyridine rings is 1. The lowest BCUT2D eigenvalue weighted by Crippen LogP contribution is -2.29. The predicted molar refractivity (Wildman–Crippen MR) is 166 cm³/mol. The van der Waals surface area contributed by atoms with E-state index in [1.807, 2.05) is 18.5 Å². The summed E-state index contributed by atoms with van der Waals surface area (Å²) in [5.74, 6) is 0. The van der Waals surface area contributed by atoms with E-state index in [9.17, 15) is 0 Å². The van der Waals surface area contributed by atoms with Crippen LogP contribution in [0.2, 0.25) is 0 Å². The van der Waals surface area contributed by atoms with Gasteiger partial charge >= 0.3 is 0 Å². The smallest absolute Gasteiger partial charge is 0.116 e. The lowest BCUT2D eigenvalue weighted by atomic mass is 10.0. The van der Waals surface area contributed by atoms with Gasteiger partial charge in [-0.05, 0) is 66.8 Å². The molecular formula is C34H32N6. The average molecular weight is 525 g/mol. The predicted octanol–water partition coefficient (Wildman–Crippen LogP) is 7.93. The Kier molecular flexibility index (Phi) is 6.28. The van der Waals surface area contributed by atoms with E-state index in [1.165, 1.54) is 35.9 Å². The maximum absolute atomic E-state index is 4.73. The number of anilines is 2. The molecule has 0 atom stereocenters. The zero-order chi connectivity index (χ0) is 26.9. The maximum atomic E-state index is 4.73. The van der Waals surface area contributed by atoms with Crippen molar-refractivity contribution < 1.29 is 0 Å². The van der Waals surface area contributed by atoms with Crippen molar-refractivity contribution in [2.45, 2.75) is 25.7 Å². The van der Waals surface area contributed by atoms with Gasteiger partial charge in [0.25, 0.3) is 0 Å². The first-order valence-electron chi connectivity index (χ1n) is 14.0. The quantitative estimate of drug-likeness (QED) is 0.198. The molecule has 0 aliphatic carbocycles. The first-order chi connectivity index (χ1) is 19.7. The lowest BCUT2D eigenvalue weighted by Gasteiger charge is -2.29. The van der Waals surface area contributed by atoms with Gasteiger partial charge in [0, 0.05) is 58.9 Å². The molecule has 1 aliphatic heterocycles. The summed E-state index contributed by atoms with van der Waals surface area (Å²) in [6, 6.07) is 27.7. The molecule has 6 aromatic rings. The molecule has 3 aromatic heterocycles. The molecule has 0 spiro atoms. The second kappa shape index (κ2) is 10.4. The maximum Gasteiger partial charge on any atom is 0.116 e. The van der Waals surface area contributed by atoms with Gasteiger partial charge in [-0.1, -0.05) is 49.0 Å². The van der Waals surface area contributed by atoms with Crippen molar-refractivity contribution >= 4 is 33.2 Å². The Labute approximate surface area is 233 Å². The molecule has 0 bridgehead atoms. The Morgan fingerprint density at radius 3 is 2.58 bits per heavy atom. The first-order valence-corrected chi connectivity index (χ1v) is 14.0. The van der Waals surface area contributed by atoms with Crippen molar-refractivity contribution in [2.24, 2.45) is 0 Å². The van der Waals surface area contributed by atoms with E-state index >= 15 is 0 Å². The Morgan fingerprint density at radius 1 is 0.825 bits per heavy atom. The van der Waals surface area contributed by atoms with Crippen molar-refractivity contribution in [1.29, 1.82) is 0 Å². The largest absolute Gasteiger partial charge is 0.371 e. The zero-order valence-electron chi connectivity index (χ0n) is 22.5. The zero-order valence-corrected chi connectivity index (χ0v) is 22.5. The molecule has 7 rings (SSSR count). The lowest BCUT2D eigenvalue weighted by molar-refractivity contribution is 0.579. The second-order valence-corrected chi connectivity index (χ2v) is 10.7. The van der Waals surface area contributed by atoms with Crippen LogP contribution in [0, 0.1) is 0 Å². The minimum atomic E-state index is 0.763. The molecule has 4 heterocycles. The number of allylic oxidation sites excluding steroid dienone is 1. The molecule has 1 saturated heterocycles. The van der Waals surface area contributed by atoms with E-state index in [-0.39, 0.29) is 0 Å². The van der Waals surface area contributed by atoms with Gasteiger partial charge in [-0.15, -0.1) is 0 Å². The van der Waals surface area contributed by atoms with Crippen LogP contribution in [0.4, 0.5) is 11.4 Å². The highest BCUT2D eigenvalue weighted by Crippen LogP contribution is 2.35. The number of benzene rings is 3. The van der Waals surface area contributed by atoms with Crippen LogP contribution in [-0.2, 0) is 6.42 Å². The normalized spacial score (nSPS) is 13.7. The Bertz CT molecular complexity index is 1810. The van der Waals surface area contributed by atoms with Gasteiger partial charge in [0.15, 0.2) is 0 Å². The van der Waals surface area contributed by atoms with Gasteiger partial charge in [-0.2, -0.15) is 5.10 Å². The summed E-state index contributed by atoms with van der Waals surface area (Å²) >= 11 is 0. The van der Waals surface area contributed by atoms with Crippen LogP contribution in [0.1, 0.15) is 24.8 Å². The van der Waals surface area contributed by atoms with Crippen LogP contribution in [0.5, 0.6) is 0 Å². The van der Waals surface area contributed by atoms with Gasteiger partial charge in [0.2, 0.25) is 0 Å². The van der Waals surface area contributed by atoms with Gasteiger partial charge in [-0.3, -0.25) is 10.1 Å². The summed E-state index contributed by atoms with van der Waals surface area (Å²) in [7, 11) is 0. The van der Waals surface area contributed by atoms with Crippen molar-refractivity contribution in [1.82, 2.24) is 20.2 Å². The summed E-state index contributed by atoms with van der Waals surface area (Å²) in [6.07, 6.45) is 8.34. The molecule has 198 valence electrons. The molecule has 6 heteroatoms. The minimum Gasteiger partial charge on any atom is -0.371 e. The fourth-order valence-electron chi connectivity index (χ4n) is 5.83. The minimum absolute atomic E-state index is 0.763. The number of piperidine rings is 1. The Morgan fingerprint density at radius 2 is 1.70 bits per heavy atom. The van der Waals surface area contributed by atoms with E-state index in [4.69, 9.17) is 5.10 Å². The van der Waals surface area contributed by atoms with Crippen molar-refractivity contribution in [3.05, 3.63) is 109 Å². The third kappa shape index (κ3) is 4.73. The third-order valence-electron chi connectivity index (χ3n) is 7.81. The molecule has 0 amide bonds. The molecule has 0 saturated carbocycles. The molecule has 1 aliphatic rings. The number of nitrogens with zero attached hydrogens (tertiary/aromatic N) is 3. The van der Waals surface area contributed by atoms with Crippen LogP contribution in [0.15, 0.2) is 104 Å². The number of hydrogen-bond donors (Lipinski definition) is 3. The highest BCUT2D eigenvalue weighted by molar-refractivity contribution is 6.01. The fourth-order valence-corrected chi connectivity index (χ4v) is 5.83. The van der Waals surface area contributed by atoms with Gasteiger partial charge in [0.05, 0.1) is 23.1 Å². The molecule has 40 heavy (non-hydrogen) atoms. The number of nitrogens with one attached hydrogen (secondary N) is 3. The molecule has 6 nitrogen and oxygen atoms in total. The van der Waals surface area contributed by atoms with Crippen molar-refractivity contribution in [2.75, 3.05) is 23.3 Å². The molecule has 0 radical (unpaired) electrons. The third-order valence-corrected chi connectivity index (χ3v) is 7.81. The Hall–Kier alpha value is -4.84. The number of aromatic amines is 2. The standard InChI is InChI=1S/C34H32N6/c1-23(17-24-9-4-2-5-10-24)36-27-18-26(21-35-22-27)25-13-14-31-29(19-25)34(39-38-31)32-20-28-30(37-32)11-8-12-33(28)40-15-6-3-7-16-40/h2,4-5,8-14,18-22,36-37H,1,3,6-7,15-17H2,(H,38,39). The molecule has 3 N–H and O–H groups in total. The summed E-state index contributed by atoms with van der Waals surface area (Å²) < 4.78 is 0. The van der Waals surface area contributed by atoms with E-state index in [0.717, 1.165) is 69.8 Å². The van der Waals surface area contributed by atoms with Gasteiger partial charge in [0.1, 0.15) is 5.69 Å². The highest BCUT2D eigenvalue weighted by atomic mass is 15.1. The van der Waals surface area contributed by atoms with Crippen molar-refractivity contribution in [3.8, 4) is 22.5 Å². The van der Waals surface area contributed by atoms with Crippen LogP contribution in [0.25, 0.3) is 44.3 Å². The summed E-state index contributed by atoms with van der Waals surface area (Å²) in [5, 5.41) is 13.7. The van der Waals surface area contributed by atoms with Crippen molar-refractivity contribution in [3.63, 3.8) is 0 Å². The topological polar surface area (TPSA) is 72.6 Å². The molecule has 0 unspecified atom stereocenters. The van der Waals surface area contributed by atoms with Crippen LogP contribution >= 0.6 is 0 Å². The van der Waals surface area contributed by atoms with E-state index < -0.39 is 0 Å². The van der Waals surface area contributed by atoms with Crippen LogP contribution in [-0.4, -0.2) is 33.3 Å². The molecule has 3 aromatic carbocycles. The average Bonchev–Trinajstić information content (AvgIpc) is 3.62. The van der Waals surface area contributed by atoms with Gasteiger partial charge in [-0.25, -0.2) is 0 Å².